The second-order valence-corrected chi connectivity index (χ2v) is 10.4. The summed E-state index contributed by atoms with van der Waals surface area (Å²) in [6.45, 7) is 4.94. The predicted molar refractivity (Wildman–Crippen MR) is 81.3 cm³/mol. The molecule has 5 nitrogen and oxygen atoms in total. The lowest BCUT2D eigenvalue weighted by molar-refractivity contribution is 0.195. The van der Waals surface area contributed by atoms with Crippen LogP contribution in [-0.4, -0.2) is 34.2 Å². The third-order valence-electron chi connectivity index (χ3n) is 3.81. The highest BCUT2D eigenvalue weighted by Crippen LogP contribution is 2.34. The van der Waals surface area contributed by atoms with Gasteiger partial charge in [0, 0.05) is 23.8 Å². The second kappa shape index (κ2) is 5.53. The number of hydrogen-bond acceptors (Lipinski definition) is 4. The number of hydrogen-bond donors (Lipinski definition) is 0. The maximum Gasteiger partial charge on any atom is 0.262 e. The van der Waals surface area contributed by atoms with Crippen LogP contribution in [0.25, 0.3) is 0 Å². The molecule has 1 aromatic rings. The Kier molecular flexibility index (Phi) is 4.41. The first-order valence-electron chi connectivity index (χ1n) is 6.58. The van der Waals surface area contributed by atoms with E-state index in [2.05, 4.69) is 13.8 Å². The molecule has 0 spiro atoms. The molecule has 1 aliphatic rings. The van der Waals surface area contributed by atoms with E-state index in [9.17, 15) is 16.8 Å². The van der Waals surface area contributed by atoms with Crippen LogP contribution in [0, 0.1) is 5.41 Å². The van der Waals surface area contributed by atoms with Crippen LogP contribution in [0.1, 0.15) is 26.7 Å². The fraction of sp³-hybridized carbons (Fsp3) is 0.538. The summed E-state index contributed by atoms with van der Waals surface area (Å²) in [5, 5.41) is 0. The summed E-state index contributed by atoms with van der Waals surface area (Å²) < 4.78 is 49.8. The molecule has 0 unspecified atom stereocenters. The molecule has 0 bridgehead atoms. The summed E-state index contributed by atoms with van der Waals surface area (Å²) in [6, 6.07) is 5.44. The highest BCUT2D eigenvalue weighted by Gasteiger charge is 2.35. The van der Waals surface area contributed by atoms with Crippen LogP contribution < -0.4 is 0 Å². The van der Waals surface area contributed by atoms with Crippen molar-refractivity contribution in [2.45, 2.75) is 36.5 Å². The zero-order valence-electron chi connectivity index (χ0n) is 11.9. The van der Waals surface area contributed by atoms with E-state index in [1.807, 2.05) is 0 Å². The van der Waals surface area contributed by atoms with Crippen LogP contribution in [0.2, 0.25) is 0 Å². The molecular formula is C13H18ClNO4S2. The van der Waals surface area contributed by atoms with Crippen LogP contribution >= 0.6 is 10.7 Å². The van der Waals surface area contributed by atoms with Crippen LogP contribution in [0.4, 0.5) is 0 Å². The average molecular weight is 352 g/mol. The standard InChI is InChI=1S/C13H18ClNO4S2/c1-13(2)7-9-15(10-8-13)21(18,19)12-6-4-3-5-11(12)20(14,16)17/h3-6H,7-10H2,1-2H3. The van der Waals surface area contributed by atoms with Crippen LogP contribution in [0.3, 0.4) is 0 Å². The molecular weight excluding hydrogens is 334 g/mol. The number of rotatable bonds is 3. The minimum atomic E-state index is -4.11. The Morgan fingerprint density at radius 1 is 1.00 bits per heavy atom. The molecule has 1 aliphatic heterocycles. The fourth-order valence-corrected chi connectivity index (χ4v) is 5.59. The Labute approximate surface area is 130 Å². The third-order valence-corrected chi connectivity index (χ3v) is 7.27. The maximum atomic E-state index is 12.7. The zero-order chi connectivity index (χ0) is 15.9. The van der Waals surface area contributed by atoms with E-state index < -0.39 is 19.1 Å². The van der Waals surface area contributed by atoms with Gasteiger partial charge in [-0.1, -0.05) is 26.0 Å². The SMILES string of the molecule is CC1(C)CCN(S(=O)(=O)c2ccccc2S(=O)(=O)Cl)CC1. The molecule has 118 valence electrons. The van der Waals surface area contributed by atoms with E-state index in [-0.39, 0.29) is 15.2 Å². The fourth-order valence-electron chi connectivity index (χ4n) is 2.34. The lowest BCUT2D eigenvalue weighted by Crippen LogP contribution is -2.41. The van der Waals surface area contributed by atoms with E-state index in [0.717, 1.165) is 12.8 Å². The van der Waals surface area contributed by atoms with E-state index >= 15 is 0 Å². The van der Waals surface area contributed by atoms with Crippen LogP contribution in [-0.2, 0) is 19.1 Å². The zero-order valence-corrected chi connectivity index (χ0v) is 14.3. The molecule has 1 fully saturated rings. The normalized spacial score (nSPS) is 20.3. The summed E-state index contributed by atoms with van der Waals surface area (Å²) in [7, 11) is -2.62. The number of sulfonamides is 1. The minimum absolute atomic E-state index is 0.101. The largest absolute Gasteiger partial charge is 0.262 e. The van der Waals surface area contributed by atoms with Crippen molar-refractivity contribution < 1.29 is 16.8 Å². The van der Waals surface area contributed by atoms with Crippen molar-refractivity contribution in [3.63, 3.8) is 0 Å². The van der Waals surface area contributed by atoms with Crippen molar-refractivity contribution in [2.75, 3.05) is 13.1 Å². The second-order valence-electron chi connectivity index (χ2n) is 5.95. The van der Waals surface area contributed by atoms with E-state index in [1.165, 1.54) is 28.6 Å². The maximum absolute atomic E-state index is 12.7. The molecule has 0 saturated carbocycles. The summed E-state index contributed by atoms with van der Waals surface area (Å²) in [6.07, 6.45) is 1.48. The summed E-state index contributed by atoms with van der Waals surface area (Å²) in [4.78, 5) is -0.615. The Balaban J connectivity index is 2.43. The van der Waals surface area contributed by atoms with Gasteiger partial charge in [0.15, 0.2) is 0 Å². The van der Waals surface area contributed by atoms with Gasteiger partial charge in [0.05, 0.1) is 0 Å². The topological polar surface area (TPSA) is 71.5 Å². The summed E-state index contributed by atoms with van der Waals surface area (Å²) in [5.74, 6) is 0. The third kappa shape index (κ3) is 3.59. The van der Waals surface area contributed by atoms with E-state index in [1.54, 1.807) is 0 Å². The van der Waals surface area contributed by atoms with Crippen LogP contribution in [0.5, 0.6) is 0 Å². The van der Waals surface area contributed by atoms with Crippen molar-refractivity contribution in [1.82, 2.24) is 4.31 Å². The van der Waals surface area contributed by atoms with Gasteiger partial charge in [0.2, 0.25) is 10.0 Å². The van der Waals surface area contributed by atoms with Gasteiger partial charge in [-0.05, 0) is 30.4 Å². The minimum Gasteiger partial charge on any atom is -0.207 e. The number of nitrogens with zero attached hydrogens (tertiary/aromatic N) is 1. The van der Waals surface area contributed by atoms with Gasteiger partial charge in [-0.15, -0.1) is 0 Å². The molecule has 0 atom stereocenters. The Morgan fingerprint density at radius 2 is 1.48 bits per heavy atom. The molecule has 0 amide bonds. The molecule has 1 aromatic carbocycles. The van der Waals surface area contributed by atoms with E-state index in [4.69, 9.17) is 10.7 Å². The van der Waals surface area contributed by atoms with Gasteiger partial charge >= 0.3 is 0 Å². The predicted octanol–water partition coefficient (Wildman–Crippen LogP) is 2.42. The van der Waals surface area contributed by atoms with Gasteiger partial charge in [-0.3, -0.25) is 0 Å². The first kappa shape index (κ1) is 16.7. The first-order valence-corrected chi connectivity index (χ1v) is 10.3. The molecule has 21 heavy (non-hydrogen) atoms. The lowest BCUT2D eigenvalue weighted by Gasteiger charge is -2.36. The van der Waals surface area contributed by atoms with Crippen molar-refractivity contribution in [1.29, 1.82) is 0 Å². The smallest absolute Gasteiger partial charge is 0.207 e. The molecule has 0 aliphatic carbocycles. The monoisotopic (exact) mass is 351 g/mol. The van der Waals surface area contributed by atoms with Crippen molar-refractivity contribution >= 4 is 29.8 Å². The highest BCUT2D eigenvalue weighted by molar-refractivity contribution is 8.14. The summed E-state index contributed by atoms with van der Waals surface area (Å²) >= 11 is 0. The van der Waals surface area contributed by atoms with Gasteiger partial charge in [-0.25, -0.2) is 16.8 Å². The molecule has 1 saturated heterocycles. The van der Waals surface area contributed by atoms with Crippen LogP contribution in [0.15, 0.2) is 34.1 Å². The number of halogens is 1. The number of benzene rings is 1. The Morgan fingerprint density at radius 3 is 1.95 bits per heavy atom. The van der Waals surface area contributed by atoms with Gasteiger partial charge < -0.3 is 0 Å². The van der Waals surface area contributed by atoms with E-state index in [0.29, 0.717) is 13.1 Å². The summed E-state index contributed by atoms with van der Waals surface area (Å²) in [5.41, 5.74) is 0.101. The van der Waals surface area contributed by atoms with Crippen molar-refractivity contribution in [2.24, 2.45) is 5.41 Å². The van der Waals surface area contributed by atoms with Crippen molar-refractivity contribution in [3.05, 3.63) is 24.3 Å². The molecule has 2 rings (SSSR count). The quantitative estimate of drug-likeness (QED) is 0.784. The molecule has 0 radical (unpaired) electrons. The van der Waals surface area contributed by atoms with Gasteiger partial charge in [-0.2, -0.15) is 4.31 Å². The van der Waals surface area contributed by atoms with Gasteiger partial charge in [0.25, 0.3) is 9.05 Å². The Bertz CT molecular complexity index is 731. The Hall–Kier alpha value is -0.630. The van der Waals surface area contributed by atoms with Gasteiger partial charge in [0.1, 0.15) is 9.79 Å². The molecule has 0 aromatic heterocycles. The average Bonchev–Trinajstić information content (AvgIpc) is 2.37. The molecule has 0 N–H and O–H groups in total. The molecule has 1 heterocycles. The van der Waals surface area contributed by atoms with Crippen molar-refractivity contribution in [3.8, 4) is 0 Å². The molecule has 8 heteroatoms. The first-order chi connectivity index (χ1) is 9.54. The number of piperidine rings is 1. The highest BCUT2D eigenvalue weighted by atomic mass is 35.7. The lowest BCUT2D eigenvalue weighted by atomic mass is 9.83.